The van der Waals surface area contributed by atoms with E-state index in [9.17, 15) is 0 Å². The molecule has 0 aromatic carbocycles. The molecule has 0 spiro atoms. The van der Waals surface area contributed by atoms with Crippen LogP contribution >= 0.6 is 11.3 Å². The lowest BCUT2D eigenvalue weighted by molar-refractivity contribution is 0.242. The average Bonchev–Trinajstić information content (AvgIpc) is 3.24. The van der Waals surface area contributed by atoms with Gasteiger partial charge in [-0.3, -0.25) is 4.90 Å². The maximum Gasteiger partial charge on any atom is 0.122 e. The molecule has 0 radical (unpaired) electrons. The van der Waals surface area contributed by atoms with E-state index in [-0.39, 0.29) is 0 Å². The van der Waals surface area contributed by atoms with Crippen LogP contribution in [0.3, 0.4) is 0 Å². The van der Waals surface area contributed by atoms with Crippen LogP contribution in [0.25, 0.3) is 0 Å². The second kappa shape index (κ2) is 7.57. The topological polar surface area (TPSA) is 38.9 Å². The zero-order valence-corrected chi connectivity index (χ0v) is 14.5. The molecule has 0 aliphatic rings. The first kappa shape index (κ1) is 16.0. The highest BCUT2D eigenvalue weighted by atomic mass is 32.1. The van der Waals surface area contributed by atoms with E-state index >= 15 is 0 Å². The Bertz CT molecular complexity index is 713. The van der Waals surface area contributed by atoms with Crippen molar-refractivity contribution in [3.8, 4) is 0 Å². The van der Waals surface area contributed by atoms with Crippen molar-refractivity contribution in [3.05, 3.63) is 58.8 Å². The molecule has 3 aromatic rings. The molecule has 0 fully saturated rings. The molecule has 23 heavy (non-hydrogen) atoms. The van der Waals surface area contributed by atoms with E-state index in [1.165, 1.54) is 9.75 Å². The quantitative estimate of drug-likeness (QED) is 0.637. The Balaban J connectivity index is 1.61. The van der Waals surface area contributed by atoms with Gasteiger partial charge in [-0.15, -0.1) is 11.3 Å². The molecule has 0 N–H and O–H groups in total. The lowest BCUT2D eigenvalue weighted by atomic mass is 10.3. The van der Waals surface area contributed by atoms with Crippen molar-refractivity contribution in [2.24, 2.45) is 7.05 Å². The Kier molecular flexibility index (Phi) is 5.25. The van der Waals surface area contributed by atoms with Gasteiger partial charge < -0.3 is 9.13 Å². The van der Waals surface area contributed by atoms with Gasteiger partial charge in [-0.05, 0) is 25.5 Å². The molecule has 3 aromatic heterocycles. The SMILES string of the molecule is Cc1ccc(CN(CCCn2ccnc2)Cc2nccn2C)s1. The lowest BCUT2D eigenvalue weighted by Gasteiger charge is -2.21. The van der Waals surface area contributed by atoms with Gasteiger partial charge in [0.15, 0.2) is 0 Å². The summed E-state index contributed by atoms with van der Waals surface area (Å²) in [6.45, 7) is 6.07. The summed E-state index contributed by atoms with van der Waals surface area (Å²) in [4.78, 5) is 13.8. The Morgan fingerprint density at radius 3 is 2.74 bits per heavy atom. The second-order valence-corrected chi connectivity index (χ2v) is 7.20. The van der Waals surface area contributed by atoms with Crippen molar-refractivity contribution in [1.82, 2.24) is 24.0 Å². The summed E-state index contributed by atoms with van der Waals surface area (Å²) >= 11 is 1.88. The van der Waals surface area contributed by atoms with Crippen LogP contribution in [0.5, 0.6) is 0 Å². The number of thiophene rings is 1. The van der Waals surface area contributed by atoms with Crippen LogP contribution in [0, 0.1) is 6.92 Å². The third kappa shape index (κ3) is 4.53. The minimum absolute atomic E-state index is 0.879. The molecule has 0 saturated carbocycles. The molecule has 0 unspecified atom stereocenters. The summed E-state index contributed by atoms with van der Waals surface area (Å²) in [5.74, 6) is 1.11. The largest absolute Gasteiger partial charge is 0.337 e. The van der Waals surface area contributed by atoms with E-state index in [1.54, 1.807) is 0 Å². The Hall–Kier alpha value is -1.92. The molecule has 0 aliphatic carbocycles. The molecule has 122 valence electrons. The molecule has 3 rings (SSSR count). The molecule has 0 bridgehead atoms. The van der Waals surface area contributed by atoms with Crippen molar-refractivity contribution >= 4 is 11.3 Å². The molecule has 0 amide bonds. The van der Waals surface area contributed by atoms with Gasteiger partial charge in [0.1, 0.15) is 5.82 Å². The van der Waals surface area contributed by atoms with Crippen molar-refractivity contribution in [2.45, 2.75) is 33.0 Å². The Morgan fingerprint density at radius 1 is 1.17 bits per heavy atom. The first-order chi connectivity index (χ1) is 11.2. The van der Waals surface area contributed by atoms with Gasteiger partial charge in [-0.2, -0.15) is 0 Å². The summed E-state index contributed by atoms with van der Waals surface area (Å²) in [5, 5.41) is 0. The normalized spacial score (nSPS) is 11.4. The first-order valence-corrected chi connectivity index (χ1v) is 8.72. The highest BCUT2D eigenvalue weighted by Gasteiger charge is 2.11. The average molecular weight is 329 g/mol. The Morgan fingerprint density at radius 2 is 2.09 bits per heavy atom. The van der Waals surface area contributed by atoms with Gasteiger partial charge in [0.2, 0.25) is 0 Å². The van der Waals surface area contributed by atoms with Crippen LogP contribution in [0.15, 0.2) is 43.2 Å². The fraction of sp³-hybridized carbons (Fsp3) is 0.412. The number of hydrogen-bond acceptors (Lipinski definition) is 4. The summed E-state index contributed by atoms with van der Waals surface area (Å²) < 4.78 is 4.23. The smallest absolute Gasteiger partial charge is 0.122 e. The highest BCUT2D eigenvalue weighted by molar-refractivity contribution is 7.11. The lowest BCUT2D eigenvalue weighted by Crippen LogP contribution is -2.26. The predicted molar refractivity (Wildman–Crippen MR) is 93.2 cm³/mol. The fourth-order valence-corrected chi connectivity index (χ4v) is 3.58. The van der Waals surface area contributed by atoms with Crippen LogP contribution in [0.2, 0.25) is 0 Å². The van der Waals surface area contributed by atoms with E-state index in [4.69, 9.17) is 0 Å². The van der Waals surface area contributed by atoms with Crippen molar-refractivity contribution < 1.29 is 0 Å². The Labute approximate surface area is 141 Å². The summed E-state index contributed by atoms with van der Waals surface area (Å²) in [6, 6.07) is 4.44. The van der Waals surface area contributed by atoms with Crippen LogP contribution in [-0.4, -0.2) is 30.5 Å². The first-order valence-electron chi connectivity index (χ1n) is 7.90. The third-order valence-electron chi connectivity index (χ3n) is 3.91. The van der Waals surface area contributed by atoms with Crippen molar-refractivity contribution in [2.75, 3.05) is 6.54 Å². The van der Waals surface area contributed by atoms with Gasteiger partial charge >= 0.3 is 0 Å². The van der Waals surface area contributed by atoms with E-state index < -0.39 is 0 Å². The summed E-state index contributed by atoms with van der Waals surface area (Å²) in [7, 11) is 2.06. The minimum Gasteiger partial charge on any atom is -0.337 e. The minimum atomic E-state index is 0.879. The second-order valence-electron chi connectivity index (χ2n) is 5.83. The number of imidazole rings is 2. The summed E-state index contributed by atoms with van der Waals surface area (Å²) in [6.07, 6.45) is 10.7. The van der Waals surface area contributed by atoms with Crippen LogP contribution in [0.4, 0.5) is 0 Å². The number of aryl methyl sites for hydroxylation is 3. The maximum absolute atomic E-state index is 4.47. The predicted octanol–water partition coefficient (Wildman–Crippen LogP) is 3.08. The van der Waals surface area contributed by atoms with Crippen molar-refractivity contribution in [1.29, 1.82) is 0 Å². The third-order valence-corrected chi connectivity index (χ3v) is 4.90. The van der Waals surface area contributed by atoms with Gasteiger partial charge in [0, 0.05) is 61.2 Å². The number of aromatic nitrogens is 4. The molecule has 0 atom stereocenters. The zero-order valence-electron chi connectivity index (χ0n) is 13.7. The van der Waals surface area contributed by atoms with Gasteiger partial charge in [-0.25, -0.2) is 9.97 Å². The molecule has 0 aliphatic heterocycles. The number of rotatable bonds is 8. The van der Waals surface area contributed by atoms with Crippen LogP contribution in [0.1, 0.15) is 22.0 Å². The van der Waals surface area contributed by atoms with Crippen LogP contribution in [-0.2, 0) is 26.7 Å². The highest BCUT2D eigenvalue weighted by Crippen LogP contribution is 2.18. The molecular weight excluding hydrogens is 306 g/mol. The molecule has 6 heteroatoms. The van der Waals surface area contributed by atoms with Crippen molar-refractivity contribution in [3.63, 3.8) is 0 Å². The van der Waals surface area contributed by atoms with E-state index in [2.05, 4.69) is 50.1 Å². The number of nitrogens with zero attached hydrogens (tertiary/aromatic N) is 5. The molecule has 3 heterocycles. The molecule has 5 nitrogen and oxygen atoms in total. The van der Waals surface area contributed by atoms with E-state index in [0.29, 0.717) is 0 Å². The number of hydrogen-bond donors (Lipinski definition) is 0. The van der Waals surface area contributed by atoms with E-state index in [0.717, 1.165) is 38.4 Å². The maximum atomic E-state index is 4.47. The monoisotopic (exact) mass is 329 g/mol. The van der Waals surface area contributed by atoms with Gasteiger partial charge in [0.05, 0.1) is 12.9 Å². The standard InChI is InChI=1S/C17H23N5S/c1-15-4-5-16(23-15)12-22(13-17-19-7-10-20(17)2)9-3-8-21-11-6-18-14-21/h4-7,10-11,14H,3,8-9,12-13H2,1-2H3. The molecular formula is C17H23N5S. The van der Waals surface area contributed by atoms with Gasteiger partial charge in [0.25, 0.3) is 0 Å². The summed E-state index contributed by atoms with van der Waals surface area (Å²) in [5.41, 5.74) is 0. The fourth-order valence-electron chi connectivity index (χ4n) is 2.65. The van der Waals surface area contributed by atoms with Gasteiger partial charge in [-0.1, -0.05) is 0 Å². The molecule has 0 saturated heterocycles. The zero-order chi connectivity index (χ0) is 16.1. The van der Waals surface area contributed by atoms with E-state index in [1.807, 2.05) is 42.5 Å². The van der Waals surface area contributed by atoms with Crippen LogP contribution < -0.4 is 0 Å².